The number of imidazole rings is 1. The fraction of sp³-hybridized carbons (Fsp3) is 0.238. The summed E-state index contributed by atoms with van der Waals surface area (Å²) >= 11 is 1.66. The molecule has 1 aromatic carbocycles. The number of amides is 1. The Labute approximate surface area is 161 Å². The van der Waals surface area contributed by atoms with E-state index < -0.39 is 0 Å². The number of thiazole rings is 1. The first-order valence-corrected chi connectivity index (χ1v) is 9.92. The SMILES string of the molecule is Cc1cn2c(/C=C/C(=O)N3CCc4[nH]c5ccccc5c4C3)c(C)nc2s1. The van der Waals surface area contributed by atoms with Crippen LogP contribution in [0.1, 0.15) is 27.5 Å². The van der Waals surface area contributed by atoms with E-state index in [1.807, 2.05) is 30.0 Å². The number of H-pyrrole nitrogens is 1. The first kappa shape index (κ1) is 16.3. The van der Waals surface area contributed by atoms with E-state index in [1.54, 1.807) is 17.4 Å². The molecule has 0 aliphatic carbocycles. The Bertz CT molecular complexity index is 1210. The number of aromatic amines is 1. The van der Waals surface area contributed by atoms with Gasteiger partial charge in [-0.2, -0.15) is 0 Å². The van der Waals surface area contributed by atoms with E-state index in [0.29, 0.717) is 6.54 Å². The van der Waals surface area contributed by atoms with Gasteiger partial charge in [0.05, 0.1) is 11.4 Å². The zero-order chi connectivity index (χ0) is 18.5. The molecule has 5 nitrogen and oxygen atoms in total. The normalized spacial score (nSPS) is 14.5. The minimum atomic E-state index is 0.0484. The van der Waals surface area contributed by atoms with Crippen LogP contribution in [0.25, 0.3) is 21.9 Å². The Morgan fingerprint density at radius 3 is 3.04 bits per heavy atom. The first-order valence-electron chi connectivity index (χ1n) is 9.10. The van der Waals surface area contributed by atoms with Gasteiger partial charge in [0.2, 0.25) is 5.91 Å². The van der Waals surface area contributed by atoms with Crippen LogP contribution in [0, 0.1) is 13.8 Å². The van der Waals surface area contributed by atoms with Crippen molar-refractivity contribution < 1.29 is 4.79 Å². The second kappa shape index (κ2) is 6.09. The highest BCUT2D eigenvalue weighted by Crippen LogP contribution is 2.28. The molecule has 1 N–H and O–H groups in total. The molecule has 136 valence electrons. The molecule has 27 heavy (non-hydrogen) atoms. The van der Waals surface area contributed by atoms with E-state index in [2.05, 4.69) is 39.6 Å². The Morgan fingerprint density at radius 1 is 1.30 bits per heavy atom. The van der Waals surface area contributed by atoms with E-state index in [0.717, 1.165) is 34.8 Å². The molecule has 0 spiro atoms. The van der Waals surface area contributed by atoms with Crippen LogP contribution < -0.4 is 0 Å². The molecule has 0 saturated carbocycles. The highest BCUT2D eigenvalue weighted by Gasteiger charge is 2.22. The zero-order valence-corrected chi connectivity index (χ0v) is 16.1. The summed E-state index contributed by atoms with van der Waals surface area (Å²) in [5.41, 5.74) is 5.58. The molecule has 3 aromatic heterocycles. The van der Waals surface area contributed by atoms with Crippen molar-refractivity contribution in [3.63, 3.8) is 0 Å². The maximum atomic E-state index is 12.8. The molecule has 0 saturated heterocycles. The van der Waals surface area contributed by atoms with Crippen molar-refractivity contribution in [1.82, 2.24) is 19.3 Å². The number of fused-ring (bicyclic) bond motifs is 4. The number of carbonyl (C=O) groups is 1. The van der Waals surface area contributed by atoms with E-state index in [4.69, 9.17) is 0 Å². The molecule has 1 aliphatic heterocycles. The van der Waals surface area contributed by atoms with Crippen molar-refractivity contribution in [2.75, 3.05) is 6.54 Å². The quantitative estimate of drug-likeness (QED) is 0.536. The zero-order valence-electron chi connectivity index (χ0n) is 15.3. The molecular weight excluding hydrogens is 356 g/mol. The maximum Gasteiger partial charge on any atom is 0.246 e. The van der Waals surface area contributed by atoms with Crippen LogP contribution in [0.5, 0.6) is 0 Å². The molecule has 0 fully saturated rings. The summed E-state index contributed by atoms with van der Waals surface area (Å²) in [4.78, 5) is 25.0. The molecule has 6 heteroatoms. The average molecular weight is 376 g/mol. The first-order chi connectivity index (χ1) is 13.1. The number of aromatic nitrogens is 3. The van der Waals surface area contributed by atoms with Crippen molar-refractivity contribution in [3.8, 4) is 0 Å². The van der Waals surface area contributed by atoms with E-state index in [1.165, 1.54) is 21.5 Å². The van der Waals surface area contributed by atoms with Gasteiger partial charge >= 0.3 is 0 Å². The molecule has 0 unspecified atom stereocenters. The van der Waals surface area contributed by atoms with Crippen molar-refractivity contribution in [1.29, 1.82) is 0 Å². The van der Waals surface area contributed by atoms with Crippen LogP contribution in [0.3, 0.4) is 0 Å². The van der Waals surface area contributed by atoms with E-state index in [9.17, 15) is 4.79 Å². The van der Waals surface area contributed by atoms with Crippen molar-refractivity contribution in [2.45, 2.75) is 26.8 Å². The third kappa shape index (κ3) is 2.68. The summed E-state index contributed by atoms with van der Waals surface area (Å²) in [5, 5.41) is 1.22. The van der Waals surface area contributed by atoms with Crippen molar-refractivity contribution in [2.24, 2.45) is 0 Å². The van der Waals surface area contributed by atoms with Gasteiger partial charge in [-0.25, -0.2) is 4.98 Å². The molecule has 1 aliphatic rings. The average Bonchev–Trinajstić information content (AvgIpc) is 3.29. The van der Waals surface area contributed by atoms with Gasteiger partial charge in [-0.15, -0.1) is 11.3 Å². The van der Waals surface area contributed by atoms with Crippen LogP contribution in [0.4, 0.5) is 0 Å². The third-order valence-corrected chi connectivity index (χ3v) is 6.14. The number of nitrogens with zero attached hydrogens (tertiary/aromatic N) is 3. The monoisotopic (exact) mass is 376 g/mol. The van der Waals surface area contributed by atoms with Gasteiger partial charge in [0.25, 0.3) is 0 Å². The predicted octanol–water partition coefficient (Wildman–Crippen LogP) is 4.09. The largest absolute Gasteiger partial charge is 0.358 e. The number of benzene rings is 1. The molecule has 0 radical (unpaired) electrons. The summed E-state index contributed by atoms with van der Waals surface area (Å²) in [6.07, 6.45) is 6.52. The van der Waals surface area contributed by atoms with Crippen LogP contribution in [0.2, 0.25) is 0 Å². The van der Waals surface area contributed by atoms with E-state index >= 15 is 0 Å². The van der Waals surface area contributed by atoms with Gasteiger partial charge in [-0.3, -0.25) is 9.20 Å². The van der Waals surface area contributed by atoms with Crippen LogP contribution in [-0.4, -0.2) is 31.7 Å². The summed E-state index contributed by atoms with van der Waals surface area (Å²) in [6.45, 7) is 5.44. The standard InChI is InChI=1S/C21H20N4OS/c1-13-11-25-19(14(2)22-21(25)27-13)7-8-20(26)24-10-9-18-16(12-24)15-5-3-4-6-17(15)23-18/h3-8,11,23H,9-10,12H2,1-2H3/b8-7+. The molecule has 0 atom stereocenters. The fourth-order valence-electron chi connectivity index (χ4n) is 3.89. The second-order valence-corrected chi connectivity index (χ2v) is 8.26. The molecule has 4 aromatic rings. The van der Waals surface area contributed by atoms with Gasteiger partial charge in [0.15, 0.2) is 4.96 Å². The van der Waals surface area contributed by atoms with Gasteiger partial charge < -0.3 is 9.88 Å². The number of aryl methyl sites for hydroxylation is 2. The highest BCUT2D eigenvalue weighted by atomic mass is 32.1. The Hall–Kier alpha value is -2.86. The summed E-state index contributed by atoms with van der Waals surface area (Å²) in [5.74, 6) is 0.0484. The lowest BCUT2D eigenvalue weighted by Crippen LogP contribution is -2.34. The number of rotatable bonds is 2. The molecule has 1 amide bonds. The second-order valence-electron chi connectivity index (χ2n) is 7.05. The predicted molar refractivity (Wildman–Crippen MR) is 109 cm³/mol. The molecular formula is C21H20N4OS. The van der Waals surface area contributed by atoms with Crippen molar-refractivity contribution >= 4 is 39.2 Å². The summed E-state index contributed by atoms with van der Waals surface area (Å²) in [6, 6.07) is 8.31. The summed E-state index contributed by atoms with van der Waals surface area (Å²) < 4.78 is 2.06. The topological polar surface area (TPSA) is 53.4 Å². The Kier molecular flexibility index (Phi) is 3.68. The van der Waals surface area contributed by atoms with Crippen LogP contribution in [0.15, 0.2) is 36.5 Å². The smallest absolute Gasteiger partial charge is 0.246 e. The lowest BCUT2D eigenvalue weighted by molar-refractivity contribution is -0.126. The van der Waals surface area contributed by atoms with Crippen molar-refractivity contribution in [3.05, 3.63) is 64.1 Å². The lowest BCUT2D eigenvalue weighted by Gasteiger charge is -2.26. The minimum Gasteiger partial charge on any atom is -0.358 e. The van der Waals surface area contributed by atoms with Gasteiger partial charge in [0, 0.05) is 58.8 Å². The van der Waals surface area contributed by atoms with Crippen LogP contribution in [-0.2, 0) is 17.8 Å². The molecule has 5 rings (SSSR count). The number of nitrogens with one attached hydrogen (secondary N) is 1. The van der Waals surface area contributed by atoms with E-state index in [-0.39, 0.29) is 5.91 Å². The van der Waals surface area contributed by atoms with Gasteiger partial charge in [-0.1, -0.05) is 18.2 Å². The number of para-hydroxylation sites is 1. The third-order valence-electron chi connectivity index (χ3n) is 5.24. The molecule has 4 heterocycles. The van der Waals surface area contributed by atoms with Gasteiger partial charge in [0.1, 0.15) is 0 Å². The highest BCUT2D eigenvalue weighted by molar-refractivity contribution is 7.17. The Balaban J connectivity index is 1.41. The Morgan fingerprint density at radius 2 is 2.15 bits per heavy atom. The number of hydrogen-bond acceptors (Lipinski definition) is 3. The maximum absolute atomic E-state index is 12.8. The number of hydrogen-bond donors (Lipinski definition) is 1. The molecule has 0 bridgehead atoms. The fourth-order valence-corrected chi connectivity index (χ4v) is 4.77. The summed E-state index contributed by atoms with van der Waals surface area (Å²) in [7, 11) is 0. The minimum absolute atomic E-state index is 0.0484. The lowest BCUT2D eigenvalue weighted by atomic mass is 10.0. The number of carbonyl (C=O) groups excluding carboxylic acids is 1. The van der Waals surface area contributed by atoms with Crippen LogP contribution >= 0.6 is 11.3 Å². The van der Waals surface area contributed by atoms with Gasteiger partial charge in [-0.05, 0) is 26.0 Å².